The van der Waals surface area contributed by atoms with Gasteiger partial charge in [0, 0.05) is 24.6 Å². The van der Waals surface area contributed by atoms with E-state index < -0.39 is 5.41 Å². The summed E-state index contributed by atoms with van der Waals surface area (Å²) < 4.78 is 6.01. The van der Waals surface area contributed by atoms with Gasteiger partial charge in [0.25, 0.3) is 0 Å². The molecule has 4 rings (SSSR count). The van der Waals surface area contributed by atoms with Crippen molar-refractivity contribution in [2.45, 2.75) is 40.0 Å². The summed E-state index contributed by atoms with van der Waals surface area (Å²) in [6, 6.07) is 25.7. The summed E-state index contributed by atoms with van der Waals surface area (Å²) in [4.78, 5) is 28.3. The van der Waals surface area contributed by atoms with Gasteiger partial charge in [0.1, 0.15) is 12.4 Å². The number of carbonyl (C=O) groups excluding carboxylic acids is 2. The molecule has 0 bridgehead atoms. The molecule has 35 heavy (non-hydrogen) atoms. The molecular weight excluding hydrogens is 436 g/mol. The molecule has 3 aromatic rings. The highest BCUT2D eigenvalue weighted by atomic mass is 16.5. The Hall–Kier alpha value is -3.60. The molecule has 0 spiro atoms. The Morgan fingerprint density at radius 3 is 2.14 bits per heavy atom. The molecule has 0 radical (unpaired) electrons. The maximum absolute atomic E-state index is 13.3. The molecule has 0 unspecified atom stereocenters. The average Bonchev–Trinajstić information content (AvgIpc) is 2.93. The summed E-state index contributed by atoms with van der Waals surface area (Å²) in [5, 5.41) is 3.06. The molecule has 0 saturated carbocycles. The molecule has 182 valence electrons. The fraction of sp³-hybridized carbons (Fsp3) is 0.333. The second kappa shape index (κ2) is 10.3. The van der Waals surface area contributed by atoms with Crippen LogP contribution in [0.5, 0.6) is 5.75 Å². The molecule has 0 aromatic heterocycles. The Bertz CT molecular complexity index is 1130. The molecule has 2 amide bonds. The molecule has 5 heteroatoms. The van der Waals surface area contributed by atoms with Gasteiger partial charge in [0.2, 0.25) is 11.8 Å². The number of fused-ring (bicyclic) bond motifs is 1. The fourth-order valence-corrected chi connectivity index (χ4v) is 4.47. The topological polar surface area (TPSA) is 58.6 Å². The third-order valence-corrected chi connectivity index (χ3v) is 6.29. The predicted molar refractivity (Wildman–Crippen MR) is 141 cm³/mol. The van der Waals surface area contributed by atoms with Crippen LogP contribution in [0.3, 0.4) is 0 Å². The molecule has 0 saturated heterocycles. The second-order valence-corrected chi connectivity index (χ2v) is 10.3. The number of hydrogen-bond acceptors (Lipinski definition) is 3. The summed E-state index contributed by atoms with van der Waals surface area (Å²) in [6.07, 6.45) is 0.309. The molecule has 0 atom stereocenters. The van der Waals surface area contributed by atoms with Gasteiger partial charge in [-0.1, -0.05) is 74.5 Å². The number of nitrogens with zero attached hydrogens (tertiary/aromatic N) is 1. The van der Waals surface area contributed by atoms with Crippen molar-refractivity contribution in [3.8, 4) is 5.75 Å². The molecule has 1 aliphatic rings. The van der Waals surface area contributed by atoms with Crippen molar-refractivity contribution in [1.29, 1.82) is 0 Å². The Labute approximate surface area is 208 Å². The van der Waals surface area contributed by atoms with Crippen molar-refractivity contribution < 1.29 is 14.3 Å². The number of carbonyl (C=O) groups is 2. The number of amides is 2. The van der Waals surface area contributed by atoms with Gasteiger partial charge < -0.3 is 15.0 Å². The van der Waals surface area contributed by atoms with Gasteiger partial charge in [0.15, 0.2) is 0 Å². The van der Waals surface area contributed by atoms with Gasteiger partial charge in [-0.3, -0.25) is 9.59 Å². The number of anilines is 2. The zero-order chi connectivity index (χ0) is 25.0. The number of ether oxygens (including phenoxy) is 1. The van der Waals surface area contributed by atoms with E-state index in [-0.39, 0.29) is 23.7 Å². The van der Waals surface area contributed by atoms with E-state index >= 15 is 0 Å². The first kappa shape index (κ1) is 24.5. The van der Waals surface area contributed by atoms with Gasteiger partial charge >= 0.3 is 0 Å². The lowest BCUT2D eigenvalue weighted by molar-refractivity contribution is -0.127. The first-order valence-corrected chi connectivity index (χ1v) is 12.2. The monoisotopic (exact) mass is 470 g/mol. The van der Waals surface area contributed by atoms with Crippen LogP contribution in [0.1, 0.15) is 51.2 Å². The summed E-state index contributed by atoms with van der Waals surface area (Å²) in [7, 11) is 0. The fourth-order valence-electron chi connectivity index (χ4n) is 4.47. The quantitative estimate of drug-likeness (QED) is 0.444. The first-order valence-electron chi connectivity index (χ1n) is 12.2. The van der Waals surface area contributed by atoms with Crippen LogP contribution >= 0.6 is 0 Å². The Morgan fingerprint density at radius 2 is 1.57 bits per heavy atom. The molecule has 1 heterocycles. The maximum atomic E-state index is 13.3. The maximum Gasteiger partial charge on any atom is 0.236 e. The first-order chi connectivity index (χ1) is 16.7. The highest BCUT2D eigenvalue weighted by Gasteiger charge is 2.38. The smallest absolute Gasteiger partial charge is 0.236 e. The van der Waals surface area contributed by atoms with Crippen LogP contribution in [0.25, 0.3) is 0 Å². The van der Waals surface area contributed by atoms with E-state index in [9.17, 15) is 9.59 Å². The van der Waals surface area contributed by atoms with E-state index in [1.54, 1.807) is 4.90 Å². The molecule has 0 aliphatic carbocycles. The third-order valence-electron chi connectivity index (χ3n) is 6.29. The highest BCUT2D eigenvalue weighted by molar-refractivity contribution is 6.00. The van der Waals surface area contributed by atoms with Crippen LogP contribution in [0.2, 0.25) is 0 Å². The van der Waals surface area contributed by atoms with E-state index in [0.29, 0.717) is 36.7 Å². The van der Waals surface area contributed by atoms with Gasteiger partial charge in [-0.05, 0) is 49.1 Å². The predicted octanol–water partition coefficient (Wildman–Crippen LogP) is 6.25. The zero-order valence-electron chi connectivity index (χ0n) is 21.0. The molecular formula is C30H34N2O3. The van der Waals surface area contributed by atoms with Crippen molar-refractivity contribution in [1.82, 2.24) is 0 Å². The van der Waals surface area contributed by atoms with E-state index in [1.807, 2.05) is 68.4 Å². The highest BCUT2D eigenvalue weighted by Crippen LogP contribution is 2.39. The number of rotatable bonds is 7. The molecule has 3 aromatic carbocycles. The van der Waals surface area contributed by atoms with Crippen LogP contribution in [0, 0.1) is 11.3 Å². The van der Waals surface area contributed by atoms with E-state index in [0.717, 1.165) is 11.1 Å². The van der Waals surface area contributed by atoms with Gasteiger partial charge in [0.05, 0.1) is 11.1 Å². The normalized spacial score (nSPS) is 14.9. The van der Waals surface area contributed by atoms with E-state index in [4.69, 9.17) is 4.74 Å². The number of benzene rings is 3. The van der Waals surface area contributed by atoms with Crippen molar-refractivity contribution in [2.75, 3.05) is 23.4 Å². The van der Waals surface area contributed by atoms with Crippen LogP contribution < -0.4 is 15.0 Å². The lowest BCUT2D eigenvalue weighted by Crippen LogP contribution is -2.43. The molecule has 5 nitrogen and oxygen atoms in total. The van der Waals surface area contributed by atoms with E-state index in [2.05, 4.69) is 43.4 Å². The van der Waals surface area contributed by atoms with Crippen molar-refractivity contribution in [3.05, 3.63) is 90.0 Å². The zero-order valence-corrected chi connectivity index (χ0v) is 21.0. The van der Waals surface area contributed by atoms with Gasteiger partial charge in [-0.25, -0.2) is 0 Å². The van der Waals surface area contributed by atoms with Crippen LogP contribution in [0.15, 0.2) is 78.9 Å². The lowest BCUT2D eigenvalue weighted by Gasteiger charge is -2.29. The van der Waals surface area contributed by atoms with Crippen LogP contribution in [0.4, 0.5) is 11.4 Å². The largest absolute Gasteiger partial charge is 0.490 e. The van der Waals surface area contributed by atoms with Crippen molar-refractivity contribution >= 4 is 23.2 Å². The van der Waals surface area contributed by atoms with Gasteiger partial charge in [-0.15, -0.1) is 0 Å². The van der Waals surface area contributed by atoms with Crippen LogP contribution in [-0.4, -0.2) is 25.0 Å². The van der Waals surface area contributed by atoms with Crippen LogP contribution in [-0.2, 0) is 9.59 Å². The Balaban J connectivity index is 1.59. The third kappa shape index (κ3) is 5.73. The van der Waals surface area contributed by atoms with E-state index in [1.165, 1.54) is 0 Å². The standard InChI is InChI=1S/C30H34N2O3/c1-21(2)19-32-26-17-24(15-16-27(26)35-20-30(3,4)29(32)34)31-28(33)18-25(22-11-7-5-8-12-22)23-13-9-6-10-14-23/h5-17,21,25H,18-20H2,1-4H3,(H,31,33). The minimum Gasteiger partial charge on any atom is -0.490 e. The van der Waals surface area contributed by atoms with Crippen molar-refractivity contribution in [2.24, 2.45) is 11.3 Å². The summed E-state index contributed by atoms with van der Waals surface area (Å²) >= 11 is 0. The summed E-state index contributed by atoms with van der Waals surface area (Å²) in [5.74, 6) is 0.841. The lowest BCUT2D eigenvalue weighted by atomic mass is 9.88. The van der Waals surface area contributed by atoms with Gasteiger partial charge in [-0.2, -0.15) is 0 Å². The second-order valence-electron chi connectivity index (χ2n) is 10.3. The molecule has 1 aliphatic heterocycles. The number of nitrogens with one attached hydrogen (secondary N) is 1. The average molecular weight is 471 g/mol. The van der Waals surface area contributed by atoms with Crippen molar-refractivity contribution in [3.63, 3.8) is 0 Å². The Kier molecular flexibility index (Phi) is 7.25. The molecule has 0 fully saturated rings. The Morgan fingerprint density at radius 1 is 0.971 bits per heavy atom. The summed E-state index contributed by atoms with van der Waals surface area (Å²) in [5.41, 5.74) is 2.92. The number of hydrogen-bond donors (Lipinski definition) is 1. The molecule has 1 N–H and O–H groups in total. The minimum atomic E-state index is -0.629. The summed E-state index contributed by atoms with van der Waals surface area (Å²) in [6.45, 7) is 8.89. The SMILES string of the molecule is CC(C)CN1C(=O)C(C)(C)COc2ccc(NC(=O)CC(c3ccccc3)c3ccccc3)cc21. The minimum absolute atomic E-state index is 0.0293.